The highest BCUT2D eigenvalue weighted by molar-refractivity contribution is 7.99. The summed E-state index contributed by atoms with van der Waals surface area (Å²) in [6.07, 6.45) is 7.96. The fraction of sp³-hybridized carbons (Fsp3) is 0.938. The normalized spacial score (nSPS) is 25.9. The molecule has 1 rings (SSSR count). The van der Waals surface area contributed by atoms with Gasteiger partial charge in [0.05, 0.1) is 7.11 Å². The molecule has 1 saturated carbocycles. The number of rotatable bonds is 10. The molecule has 0 spiro atoms. The fourth-order valence-electron chi connectivity index (χ4n) is 3.15. The highest BCUT2D eigenvalue weighted by atomic mass is 32.2. The van der Waals surface area contributed by atoms with Crippen molar-refractivity contribution in [1.82, 2.24) is 5.32 Å². The molecule has 0 amide bonds. The number of ether oxygens (including phenoxy) is 1. The molecule has 3 nitrogen and oxygen atoms in total. The molecule has 0 aromatic carbocycles. The molecule has 118 valence electrons. The zero-order valence-electron chi connectivity index (χ0n) is 13.4. The van der Waals surface area contributed by atoms with Crippen LogP contribution >= 0.6 is 11.8 Å². The van der Waals surface area contributed by atoms with Crippen LogP contribution in [0.4, 0.5) is 0 Å². The quantitative estimate of drug-likeness (QED) is 0.494. The van der Waals surface area contributed by atoms with E-state index in [1.165, 1.54) is 25.7 Å². The molecule has 4 heteroatoms. The van der Waals surface area contributed by atoms with E-state index in [4.69, 9.17) is 4.74 Å². The molecule has 20 heavy (non-hydrogen) atoms. The summed E-state index contributed by atoms with van der Waals surface area (Å²) in [7, 11) is 1.52. The second-order valence-electron chi connectivity index (χ2n) is 5.73. The van der Waals surface area contributed by atoms with Gasteiger partial charge in [0.15, 0.2) is 0 Å². The first-order valence-corrected chi connectivity index (χ1v) is 9.28. The van der Waals surface area contributed by atoms with Crippen LogP contribution < -0.4 is 5.32 Å². The number of hydrogen-bond acceptors (Lipinski definition) is 4. The van der Waals surface area contributed by atoms with E-state index < -0.39 is 5.54 Å². The summed E-state index contributed by atoms with van der Waals surface area (Å²) >= 11 is 2.03. The van der Waals surface area contributed by atoms with E-state index in [0.29, 0.717) is 5.92 Å². The van der Waals surface area contributed by atoms with Crippen LogP contribution in [0.2, 0.25) is 0 Å². The Labute approximate surface area is 128 Å². The number of carbonyl (C=O) groups is 1. The fourth-order valence-corrected chi connectivity index (χ4v) is 4.29. The first-order valence-electron chi connectivity index (χ1n) is 8.12. The predicted octanol–water partition coefficient (Wildman–Crippen LogP) is 3.62. The van der Waals surface area contributed by atoms with Crippen LogP contribution in [-0.2, 0) is 9.53 Å². The minimum Gasteiger partial charge on any atom is -0.468 e. The van der Waals surface area contributed by atoms with Crippen molar-refractivity contribution < 1.29 is 9.53 Å². The molecular weight excluding hydrogens is 270 g/mol. The zero-order valence-corrected chi connectivity index (χ0v) is 14.2. The van der Waals surface area contributed by atoms with Gasteiger partial charge < -0.3 is 10.1 Å². The number of thioether (sulfide) groups is 1. The van der Waals surface area contributed by atoms with Gasteiger partial charge in [-0.15, -0.1) is 0 Å². The molecule has 0 aliphatic heterocycles. The Kier molecular flexibility index (Phi) is 8.62. The topological polar surface area (TPSA) is 38.3 Å². The molecule has 1 fully saturated rings. The molecule has 0 aromatic heterocycles. The molecule has 1 N–H and O–H groups in total. The van der Waals surface area contributed by atoms with Crippen LogP contribution in [0.3, 0.4) is 0 Å². The SMILES string of the molecule is CCCCSCCC1CCCC1(NCCC)C(=O)OC. The van der Waals surface area contributed by atoms with E-state index in [-0.39, 0.29) is 5.97 Å². The molecule has 0 bridgehead atoms. The van der Waals surface area contributed by atoms with Crippen molar-refractivity contribution in [2.45, 2.75) is 64.3 Å². The summed E-state index contributed by atoms with van der Waals surface area (Å²) < 4.78 is 5.10. The minimum absolute atomic E-state index is 0.0491. The average Bonchev–Trinajstić information content (AvgIpc) is 2.88. The second kappa shape index (κ2) is 9.67. The van der Waals surface area contributed by atoms with Crippen molar-refractivity contribution in [3.63, 3.8) is 0 Å². The number of carbonyl (C=O) groups excluding carboxylic acids is 1. The lowest BCUT2D eigenvalue weighted by atomic mass is 9.85. The first-order chi connectivity index (χ1) is 9.71. The van der Waals surface area contributed by atoms with E-state index in [9.17, 15) is 4.79 Å². The Morgan fingerprint density at radius 1 is 1.35 bits per heavy atom. The Bertz CT molecular complexity index is 286. The standard InChI is InChI=1S/C16H31NO2S/c1-4-6-12-20-13-9-14-8-7-10-16(14,15(18)19-3)17-11-5-2/h14,17H,4-13H2,1-3H3. The van der Waals surface area contributed by atoms with Gasteiger partial charge in [-0.05, 0) is 56.1 Å². The van der Waals surface area contributed by atoms with Crippen molar-refractivity contribution in [3.05, 3.63) is 0 Å². The van der Waals surface area contributed by atoms with E-state index in [0.717, 1.165) is 44.4 Å². The van der Waals surface area contributed by atoms with E-state index in [1.54, 1.807) is 0 Å². The van der Waals surface area contributed by atoms with Gasteiger partial charge >= 0.3 is 5.97 Å². The van der Waals surface area contributed by atoms with Crippen molar-refractivity contribution >= 4 is 17.7 Å². The molecule has 0 radical (unpaired) electrons. The molecule has 0 aromatic rings. The summed E-state index contributed by atoms with van der Waals surface area (Å²) in [5, 5.41) is 3.51. The highest BCUT2D eigenvalue weighted by Crippen LogP contribution is 2.39. The number of nitrogens with one attached hydrogen (secondary N) is 1. The molecule has 1 aliphatic carbocycles. The van der Waals surface area contributed by atoms with Gasteiger partial charge in [-0.3, -0.25) is 4.79 Å². The molecule has 1 aliphatic rings. The summed E-state index contributed by atoms with van der Waals surface area (Å²) in [6, 6.07) is 0. The maximum Gasteiger partial charge on any atom is 0.326 e. The molecule has 2 atom stereocenters. The lowest BCUT2D eigenvalue weighted by Crippen LogP contribution is -2.55. The van der Waals surface area contributed by atoms with Gasteiger partial charge in [0, 0.05) is 0 Å². The van der Waals surface area contributed by atoms with Crippen LogP contribution in [0, 0.1) is 5.92 Å². The summed E-state index contributed by atoms with van der Waals surface area (Å²) in [6.45, 7) is 5.27. The van der Waals surface area contributed by atoms with Gasteiger partial charge in [0.2, 0.25) is 0 Å². The van der Waals surface area contributed by atoms with E-state index in [2.05, 4.69) is 19.2 Å². The third-order valence-electron chi connectivity index (χ3n) is 4.31. The van der Waals surface area contributed by atoms with Crippen molar-refractivity contribution in [3.8, 4) is 0 Å². The summed E-state index contributed by atoms with van der Waals surface area (Å²) in [5.74, 6) is 2.80. The minimum atomic E-state index is -0.407. The van der Waals surface area contributed by atoms with Crippen LogP contribution in [0.25, 0.3) is 0 Å². The van der Waals surface area contributed by atoms with Gasteiger partial charge in [0.1, 0.15) is 5.54 Å². The Morgan fingerprint density at radius 3 is 2.80 bits per heavy atom. The lowest BCUT2D eigenvalue weighted by molar-refractivity contribution is -0.150. The monoisotopic (exact) mass is 301 g/mol. The zero-order chi connectivity index (χ0) is 14.8. The Morgan fingerprint density at radius 2 is 2.15 bits per heavy atom. The van der Waals surface area contributed by atoms with Crippen molar-refractivity contribution in [2.24, 2.45) is 5.92 Å². The third-order valence-corrected chi connectivity index (χ3v) is 5.42. The summed E-state index contributed by atoms with van der Waals surface area (Å²) in [4.78, 5) is 12.3. The maximum absolute atomic E-state index is 12.3. The maximum atomic E-state index is 12.3. The third kappa shape index (κ3) is 4.66. The molecule has 2 unspecified atom stereocenters. The molecular formula is C16H31NO2S. The molecule has 0 saturated heterocycles. The lowest BCUT2D eigenvalue weighted by Gasteiger charge is -2.34. The van der Waals surface area contributed by atoms with Crippen molar-refractivity contribution in [2.75, 3.05) is 25.2 Å². The number of methoxy groups -OCH3 is 1. The number of hydrogen-bond donors (Lipinski definition) is 1. The first kappa shape index (κ1) is 17.8. The van der Waals surface area contributed by atoms with Crippen LogP contribution in [-0.4, -0.2) is 36.7 Å². The van der Waals surface area contributed by atoms with Crippen LogP contribution in [0.15, 0.2) is 0 Å². The van der Waals surface area contributed by atoms with Gasteiger partial charge in [-0.1, -0.05) is 26.7 Å². The largest absolute Gasteiger partial charge is 0.468 e. The Hall–Kier alpha value is -0.220. The smallest absolute Gasteiger partial charge is 0.326 e. The second-order valence-corrected chi connectivity index (χ2v) is 6.96. The molecule has 0 heterocycles. The number of unbranched alkanes of at least 4 members (excludes halogenated alkanes) is 1. The van der Waals surface area contributed by atoms with Gasteiger partial charge in [-0.25, -0.2) is 0 Å². The summed E-state index contributed by atoms with van der Waals surface area (Å²) in [5.41, 5.74) is -0.407. The van der Waals surface area contributed by atoms with Gasteiger partial charge in [-0.2, -0.15) is 11.8 Å². The average molecular weight is 301 g/mol. The van der Waals surface area contributed by atoms with E-state index >= 15 is 0 Å². The predicted molar refractivity (Wildman–Crippen MR) is 87.2 cm³/mol. The number of esters is 1. The van der Waals surface area contributed by atoms with E-state index in [1.807, 2.05) is 11.8 Å². The van der Waals surface area contributed by atoms with Crippen LogP contribution in [0.5, 0.6) is 0 Å². The highest BCUT2D eigenvalue weighted by Gasteiger charge is 2.48. The van der Waals surface area contributed by atoms with Gasteiger partial charge in [0.25, 0.3) is 0 Å². The van der Waals surface area contributed by atoms with Crippen molar-refractivity contribution in [1.29, 1.82) is 0 Å². The Balaban J connectivity index is 2.54. The van der Waals surface area contributed by atoms with Crippen LogP contribution in [0.1, 0.15) is 58.8 Å².